The van der Waals surface area contributed by atoms with Crippen LogP contribution in [-0.4, -0.2) is 67.9 Å². The van der Waals surface area contributed by atoms with E-state index < -0.39 is 0 Å². The Bertz CT molecular complexity index is 646. The molecule has 2 aliphatic rings. The molecule has 0 amide bonds. The summed E-state index contributed by atoms with van der Waals surface area (Å²) >= 11 is 0. The molecule has 0 aromatic carbocycles. The maximum absolute atomic E-state index is 6.02. The molecule has 170 valence electrons. The zero-order valence-electron chi connectivity index (χ0n) is 18.6. The third-order valence-electron chi connectivity index (χ3n) is 5.84. The number of rotatable bonds is 8. The van der Waals surface area contributed by atoms with Gasteiger partial charge in [-0.3, -0.25) is 9.89 Å². The van der Waals surface area contributed by atoms with E-state index in [1.807, 2.05) is 25.4 Å². The first-order chi connectivity index (χ1) is 14.2. The largest absolute Gasteiger partial charge is 0.474 e. The number of hydrogen-bond acceptors (Lipinski definition) is 5. The van der Waals surface area contributed by atoms with Crippen LogP contribution >= 0.6 is 24.0 Å². The second kappa shape index (κ2) is 13.3. The highest BCUT2D eigenvalue weighted by atomic mass is 127. The van der Waals surface area contributed by atoms with Crippen LogP contribution in [0.4, 0.5) is 0 Å². The van der Waals surface area contributed by atoms with Crippen molar-refractivity contribution >= 4 is 29.9 Å². The van der Waals surface area contributed by atoms with Gasteiger partial charge in [-0.2, -0.15) is 0 Å². The van der Waals surface area contributed by atoms with Crippen LogP contribution in [0.3, 0.4) is 0 Å². The summed E-state index contributed by atoms with van der Waals surface area (Å²) in [7, 11) is 1.82. The molecule has 30 heavy (non-hydrogen) atoms. The average molecular weight is 531 g/mol. The smallest absolute Gasteiger partial charge is 0.213 e. The van der Waals surface area contributed by atoms with Crippen molar-refractivity contribution < 1.29 is 9.47 Å². The van der Waals surface area contributed by atoms with Crippen LogP contribution in [0.2, 0.25) is 0 Å². The van der Waals surface area contributed by atoms with Gasteiger partial charge in [0.15, 0.2) is 5.96 Å². The van der Waals surface area contributed by atoms with Gasteiger partial charge >= 0.3 is 0 Å². The van der Waals surface area contributed by atoms with Crippen LogP contribution in [0, 0.1) is 5.92 Å². The van der Waals surface area contributed by atoms with Gasteiger partial charge in [-0.25, -0.2) is 4.98 Å². The minimum Gasteiger partial charge on any atom is -0.474 e. The molecular formula is C22H38IN5O2. The molecule has 0 radical (unpaired) electrons. The van der Waals surface area contributed by atoms with Gasteiger partial charge in [0.1, 0.15) is 6.10 Å². The molecule has 1 aliphatic carbocycles. The number of nitrogens with zero attached hydrogens (tertiary/aromatic N) is 3. The summed E-state index contributed by atoms with van der Waals surface area (Å²) in [6.45, 7) is 9.75. The number of aromatic nitrogens is 1. The molecule has 2 fully saturated rings. The number of guanidine groups is 1. The standard InChI is InChI=1S/C22H37N5O2.HI/c1-17(2)20(27-10-12-28-13-11-27)16-26-22(23-3)25-15-18-8-9-24-21(14-18)29-19-6-4-5-7-19;/h8-9,14,17,19-20H,4-7,10-13,15-16H2,1-3H3,(H2,23,25,26);1H. The predicted octanol–water partition coefficient (Wildman–Crippen LogP) is 3.04. The molecule has 7 nitrogen and oxygen atoms in total. The lowest BCUT2D eigenvalue weighted by Crippen LogP contribution is -2.52. The lowest BCUT2D eigenvalue weighted by atomic mass is 10.0. The Balaban J connectivity index is 0.00000320. The average Bonchev–Trinajstić information content (AvgIpc) is 3.24. The Kier molecular flexibility index (Phi) is 11.2. The fraction of sp³-hybridized carbons (Fsp3) is 0.727. The van der Waals surface area contributed by atoms with Crippen LogP contribution in [0.15, 0.2) is 23.3 Å². The van der Waals surface area contributed by atoms with Crippen molar-refractivity contribution in [1.29, 1.82) is 0 Å². The summed E-state index contributed by atoms with van der Waals surface area (Å²) in [6.07, 6.45) is 6.95. The van der Waals surface area contributed by atoms with Gasteiger partial charge in [-0.1, -0.05) is 13.8 Å². The number of pyridine rings is 1. The third-order valence-corrected chi connectivity index (χ3v) is 5.84. The van der Waals surface area contributed by atoms with Crippen LogP contribution < -0.4 is 15.4 Å². The lowest BCUT2D eigenvalue weighted by Gasteiger charge is -2.37. The van der Waals surface area contributed by atoms with Crippen molar-refractivity contribution in [2.75, 3.05) is 39.9 Å². The minimum atomic E-state index is 0. The van der Waals surface area contributed by atoms with Crippen molar-refractivity contribution in [3.63, 3.8) is 0 Å². The normalized spacial score (nSPS) is 19.4. The monoisotopic (exact) mass is 531 g/mol. The van der Waals surface area contributed by atoms with Crippen molar-refractivity contribution in [1.82, 2.24) is 20.5 Å². The van der Waals surface area contributed by atoms with E-state index in [0.717, 1.165) is 63.1 Å². The number of hydrogen-bond donors (Lipinski definition) is 2. The third kappa shape index (κ3) is 7.85. The lowest BCUT2D eigenvalue weighted by molar-refractivity contribution is 0.00752. The topological polar surface area (TPSA) is 71.0 Å². The first-order valence-corrected chi connectivity index (χ1v) is 11.0. The highest BCUT2D eigenvalue weighted by molar-refractivity contribution is 14.0. The number of aliphatic imine (C=N–C) groups is 1. The minimum absolute atomic E-state index is 0. The summed E-state index contributed by atoms with van der Waals surface area (Å²) in [4.78, 5) is 11.3. The van der Waals surface area contributed by atoms with E-state index in [-0.39, 0.29) is 24.0 Å². The van der Waals surface area contributed by atoms with Crippen LogP contribution in [0.25, 0.3) is 0 Å². The van der Waals surface area contributed by atoms with Gasteiger partial charge in [0, 0.05) is 51.5 Å². The first kappa shape index (κ1) is 25.1. The summed E-state index contributed by atoms with van der Waals surface area (Å²) in [5, 5.41) is 6.92. The maximum atomic E-state index is 6.02. The van der Waals surface area contributed by atoms with E-state index in [4.69, 9.17) is 9.47 Å². The Hall–Kier alpha value is -1.13. The zero-order chi connectivity index (χ0) is 20.5. The Morgan fingerprint density at radius 2 is 2.00 bits per heavy atom. The number of nitrogens with one attached hydrogen (secondary N) is 2. The summed E-state index contributed by atoms with van der Waals surface area (Å²) in [6, 6.07) is 4.51. The van der Waals surface area contributed by atoms with Crippen molar-refractivity contribution in [2.24, 2.45) is 10.9 Å². The highest BCUT2D eigenvalue weighted by Crippen LogP contribution is 2.23. The van der Waals surface area contributed by atoms with E-state index in [9.17, 15) is 0 Å². The Morgan fingerprint density at radius 3 is 2.67 bits per heavy atom. The van der Waals surface area contributed by atoms with Gasteiger partial charge in [0.25, 0.3) is 0 Å². The second-order valence-corrected chi connectivity index (χ2v) is 8.29. The zero-order valence-corrected chi connectivity index (χ0v) is 20.9. The Labute approximate surface area is 198 Å². The summed E-state index contributed by atoms with van der Waals surface area (Å²) < 4.78 is 11.5. The molecule has 0 spiro atoms. The molecule has 1 atom stereocenters. The molecule has 1 aromatic rings. The van der Waals surface area contributed by atoms with Gasteiger partial charge in [0.05, 0.1) is 13.2 Å². The van der Waals surface area contributed by atoms with Crippen LogP contribution in [-0.2, 0) is 11.3 Å². The number of halogens is 1. The van der Waals surface area contributed by atoms with Gasteiger partial charge < -0.3 is 20.1 Å². The van der Waals surface area contributed by atoms with Crippen molar-refractivity contribution in [3.8, 4) is 5.88 Å². The fourth-order valence-corrected chi connectivity index (χ4v) is 4.11. The van der Waals surface area contributed by atoms with E-state index in [1.54, 1.807) is 0 Å². The summed E-state index contributed by atoms with van der Waals surface area (Å²) in [5.74, 6) is 2.11. The molecule has 1 saturated heterocycles. The molecule has 1 aromatic heterocycles. The van der Waals surface area contributed by atoms with Gasteiger partial charge in [0.2, 0.25) is 5.88 Å². The molecular weight excluding hydrogens is 493 g/mol. The van der Waals surface area contributed by atoms with E-state index in [1.165, 1.54) is 12.8 Å². The van der Waals surface area contributed by atoms with E-state index in [2.05, 4.69) is 39.4 Å². The highest BCUT2D eigenvalue weighted by Gasteiger charge is 2.24. The molecule has 1 unspecified atom stereocenters. The first-order valence-electron chi connectivity index (χ1n) is 11.0. The molecule has 2 N–H and O–H groups in total. The van der Waals surface area contributed by atoms with E-state index in [0.29, 0.717) is 24.6 Å². The molecule has 8 heteroatoms. The molecule has 1 aliphatic heterocycles. The van der Waals surface area contributed by atoms with Crippen LogP contribution in [0.5, 0.6) is 5.88 Å². The number of ether oxygens (including phenoxy) is 2. The quantitative estimate of drug-likeness (QED) is 0.306. The molecule has 1 saturated carbocycles. The molecule has 0 bridgehead atoms. The maximum Gasteiger partial charge on any atom is 0.213 e. The predicted molar refractivity (Wildman–Crippen MR) is 132 cm³/mol. The van der Waals surface area contributed by atoms with Crippen molar-refractivity contribution in [3.05, 3.63) is 23.9 Å². The molecule has 2 heterocycles. The second-order valence-electron chi connectivity index (χ2n) is 8.29. The SMILES string of the molecule is CN=C(NCc1ccnc(OC2CCCC2)c1)NCC(C(C)C)N1CCOCC1.I. The van der Waals surface area contributed by atoms with Crippen LogP contribution in [0.1, 0.15) is 45.1 Å². The van der Waals surface area contributed by atoms with E-state index >= 15 is 0 Å². The summed E-state index contributed by atoms with van der Waals surface area (Å²) in [5.41, 5.74) is 1.14. The molecule has 3 rings (SSSR count). The van der Waals surface area contributed by atoms with Crippen molar-refractivity contribution in [2.45, 2.75) is 58.2 Å². The number of morpholine rings is 1. The van der Waals surface area contributed by atoms with Gasteiger partial charge in [-0.15, -0.1) is 24.0 Å². The van der Waals surface area contributed by atoms with Gasteiger partial charge in [-0.05, 0) is 43.2 Å². The Morgan fingerprint density at radius 1 is 1.27 bits per heavy atom. The fourth-order valence-electron chi connectivity index (χ4n) is 4.11.